The Balaban J connectivity index is 1.58. The van der Waals surface area contributed by atoms with Crippen molar-refractivity contribution in [2.75, 3.05) is 13.1 Å². The Labute approximate surface area is 131 Å². The topological polar surface area (TPSA) is 62.3 Å². The lowest BCUT2D eigenvalue weighted by Gasteiger charge is -2.32. The lowest BCUT2D eigenvalue weighted by atomic mass is 9.96. The summed E-state index contributed by atoms with van der Waals surface area (Å²) in [6, 6.07) is 3.74. The van der Waals surface area contributed by atoms with Crippen LogP contribution in [0.1, 0.15) is 38.2 Å². The number of likely N-dealkylation sites (tertiary alicyclic amines) is 1. The molecule has 2 fully saturated rings. The normalized spacial score (nSPS) is 20.5. The van der Waals surface area contributed by atoms with Crippen LogP contribution in [0.3, 0.4) is 0 Å². The molecular formula is C17H23N3O2. The van der Waals surface area contributed by atoms with Crippen molar-refractivity contribution in [1.82, 2.24) is 15.2 Å². The predicted octanol–water partition coefficient (Wildman–Crippen LogP) is 1.74. The molecule has 2 amide bonds. The molecule has 2 aliphatic rings. The summed E-state index contributed by atoms with van der Waals surface area (Å²) >= 11 is 0. The molecule has 0 aromatic carbocycles. The van der Waals surface area contributed by atoms with E-state index >= 15 is 0 Å². The van der Waals surface area contributed by atoms with Gasteiger partial charge in [0.1, 0.15) is 5.41 Å². The number of carbonyl (C=O) groups excluding carboxylic acids is 2. The first-order valence-electron chi connectivity index (χ1n) is 8.08. The Bertz CT molecular complexity index is 546. The van der Waals surface area contributed by atoms with E-state index in [1.165, 1.54) is 0 Å². The number of nitrogens with zero attached hydrogens (tertiary/aromatic N) is 2. The van der Waals surface area contributed by atoms with Gasteiger partial charge in [-0.05, 0) is 49.3 Å². The van der Waals surface area contributed by atoms with Crippen molar-refractivity contribution in [3.05, 3.63) is 30.1 Å². The highest BCUT2D eigenvalue weighted by atomic mass is 16.2. The van der Waals surface area contributed by atoms with Crippen LogP contribution in [0.4, 0.5) is 0 Å². The molecule has 5 heteroatoms. The second-order valence-corrected chi connectivity index (χ2v) is 6.59. The van der Waals surface area contributed by atoms with Crippen LogP contribution in [0.15, 0.2) is 24.5 Å². The standard InChI is InChI=1S/C17H23N3O2/c1-13-4-10-20(11-5-13)16(22)17(6-7-17)15(21)19-12-14-2-8-18-9-3-14/h2-3,8-9,13H,4-7,10-12H2,1H3,(H,19,21). The summed E-state index contributed by atoms with van der Waals surface area (Å²) in [5.74, 6) is 0.597. The van der Waals surface area contributed by atoms with E-state index in [0.29, 0.717) is 25.3 Å². The summed E-state index contributed by atoms with van der Waals surface area (Å²) < 4.78 is 0. The van der Waals surface area contributed by atoms with Gasteiger partial charge < -0.3 is 10.2 Å². The molecule has 3 rings (SSSR count). The van der Waals surface area contributed by atoms with Gasteiger partial charge in [0.15, 0.2) is 0 Å². The average molecular weight is 301 g/mol. The summed E-state index contributed by atoms with van der Waals surface area (Å²) in [5, 5.41) is 2.92. The largest absolute Gasteiger partial charge is 0.351 e. The van der Waals surface area contributed by atoms with Crippen LogP contribution >= 0.6 is 0 Å². The van der Waals surface area contributed by atoms with E-state index < -0.39 is 5.41 Å². The second kappa shape index (κ2) is 6.07. The third-order valence-electron chi connectivity index (χ3n) is 4.87. The van der Waals surface area contributed by atoms with Crippen LogP contribution in [0.2, 0.25) is 0 Å². The number of aromatic nitrogens is 1. The highest BCUT2D eigenvalue weighted by Gasteiger charge is 2.57. The molecule has 0 atom stereocenters. The van der Waals surface area contributed by atoms with Crippen molar-refractivity contribution in [2.45, 2.75) is 39.2 Å². The highest BCUT2D eigenvalue weighted by Crippen LogP contribution is 2.48. The molecule has 22 heavy (non-hydrogen) atoms. The zero-order valence-corrected chi connectivity index (χ0v) is 13.0. The lowest BCUT2D eigenvalue weighted by Crippen LogP contribution is -2.47. The fourth-order valence-electron chi connectivity index (χ4n) is 3.03. The van der Waals surface area contributed by atoms with E-state index in [1.807, 2.05) is 17.0 Å². The van der Waals surface area contributed by atoms with Crippen LogP contribution < -0.4 is 5.32 Å². The van der Waals surface area contributed by atoms with Gasteiger partial charge in [0.05, 0.1) is 0 Å². The molecule has 1 saturated carbocycles. The second-order valence-electron chi connectivity index (χ2n) is 6.59. The van der Waals surface area contributed by atoms with Crippen LogP contribution in [-0.4, -0.2) is 34.8 Å². The summed E-state index contributed by atoms with van der Waals surface area (Å²) in [7, 11) is 0. The van der Waals surface area contributed by atoms with Crippen molar-refractivity contribution in [3.8, 4) is 0 Å². The number of nitrogens with one attached hydrogen (secondary N) is 1. The zero-order chi connectivity index (χ0) is 15.6. The Morgan fingerprint density at radius 1 is 1.27 bits per heavy atom. The summed E-state index contributed by atoms with van der Waals surface area (Å²) in [4.78, 5) is 31.0. The number of rotatable bonds is 4. The minimum Gasteiger partial charge on any atom is -0.351 e. The van der Waals surface area contributed by atoms with E-state index in [-0.39, 0.29) is 11.8 Å². The molecular weight excluding hydrogens is 278 g/mol. The first-order valence-corrected chi connectivity index (χ1v) is 8.08. The van der Waals surface area contributed by atoms with Crippen LogP contribution in [0.25, 0.3) is 0 Å². The number of hydrogen-bond acceptors (Lipinski definition) is 3. The minimum atomic E-state index is -0.784. The van der Waals surface area contributed by atoms with Crippen molar-refractivity contribution >= 4 is 11.8 Å². The first-order chi connectivity index (χ1) is 10.6. The van der Waals surface area contributed by atoms with Crippen LogP contribution in [-0.2, 0) is 16.1 Å². The van der Waals surface area contributed by atoms with Crippen molar-refractivity contribution < 1.29 is 9.59 Å². The number of pyridine rings is 1. The number of carbonyl (C=O) groups is 2. The van der Waals surface area contributed by atoms with Gasteiger partial charge in [-0.2, -0.15) is 0 Å². The number of amides is 2. The minimum absolute atomic E-state index is 0.0339. The van der Waals surface area contributed by atoms with Gasteiger partial charge in [-0.25, -0.2) is 0 Å². The molecule has 1 saturated heterocycles. The Morgan fingerprint density at radius 3 is 2.50 bits per heavy atom. The summed E-state index contributed by atoms with van der Waals surface area (Å²) in [5.41, 5.74) is 0.214. The van der Waals surface area contributed by atoms with Crippen LogP contribution in [0.5, 0.6) is 0 Å². The third kappa shape index (κ3) is 2.98. The fraction of sp³-hybridized carbons (Fsp3) is 0.588. The fourth-order valence-corrected chi connectivity index (χ4v) is 3.03. The zero-order valence-electron chi connectivity index (χ0n) is 13.0. The van der Waals surface area contributed by atoms with E-state index in [0.717, 1.165) is 31.5 Å². The van der Waals surface area contributed by atoms with Gasteiger partial charge in [-0.3, -0.25) is 14.6 Å². The Hall–Kier alpha value is -1.91. The Kier molecular flexibility index (Phi) is 4.14. The molecule has 0 unspecified atom stereocenters. The SMILES string of the molecule is CC1CCN(C(=O)C2(C(=O)NCc3ccncc3)CC2)CC1. The van der Waals surface area contributed by atoms with E-state index in [9.17, 15) is 9.59 Å². The quantitative estimate of drug-likeness (QED) is 0.862. The molecule has 1 aromatic rings. The van der Waals surface area contributed by atoms with E-state index in [1.54, 1.807) is 12.4 Å². The lowest BCUT2D eigenvalue weighted by molar-refractivity contribution is -0.145. The van der Waals surface area contributed by atoms with Crippen molar-refractivity contribution in [2.24, 2.45) is 11.3 Å². The van der Waals surface area contributed by atoms with Gasteiger partial charge in [0, 0.05) is 32.0 Å². The smallest absolute Gasteiger partial charge is 0.238 e. The maximum absolute atomic E-state index is 12.7. The molecule has 1 N–H and O–H groups in total. The molecule has 0 spiro atoms. The van der Waals surface area contributed by atoms with Crippen LogP contribution in [0, 0.1) is 11.3 Å². The molecule has 0 radical (unpaired) electrons. The number of piperidine rings is 1. The summed E-state index contributed by atoms with van der Waals surface area (Å²) in [6.07, 6.45) is 6.85. The van der Waals surface area contributed by atoms with E-state index in [4.69, 9.17) is 0 Å². The number of hydrogen-bond donors (Lipinski definition) is 1. The first kappa shape index (κ1) is 15.0. The molecule has 118 valence electrons. The van der Waals surface area contributed by atoms with Crippen molar-refractivity contribution in [3.63, 3.8) is 0 Å². The summed E-state index contributed by atoms with van der Waals surface area (Å²) in [6.45, 7) is 4.25. The van der Waals surface area contributed by atoms with E-state index in [2.05, 4.69) is 17.2 Å². The van der Waals surface area contributed by atoms with Gasteiger partial charge in [0.25, 0.3) is 0 Å². The predicted molar refractivity (Wildman–Crippen MR) is 82.7 cm³/mol. The Morgan fingerprint density at radius 2 is 1.91 bits per heavy atom. The molecule has 2 heterocycles. The molecule has 1 aliphatic heterocycles. The maximum Gasteiger partial charge on any atom is 0.238 e. The van der Waals surface area contributed by atoms with Gasteiger partial charge in [-0.15, -0.1) is 0 Å². The van der Waals surface area contributed by atoms with Gasteiger partial charge in [0.2, 0.25) is 11.8 Å². The third-order valence-corrected chi connectivity index (χ3v) is 4.87. The average Bonchev–Trinajstić information content (AvgIpc) is 3.35. The molecule has 5 nitrogen and oxygen atoms in total. The monoisotopic (exact) mass is 301 g/mol. The van der Waals surface area contributed by atoms with Gasteiger partial charge in [-0.1, -0.05) is 6.92 Å². The molecule has 1 aromatic heterocycles. The molecule has 1 aliphatic carbocycles. The van der Waals surface area contributed by atoms with Gasteiger partial charge >= 0.3 is 0 Å². The molecule has 0 bridgehead atoms. The highest BCUT2D eigenvalue weighted by molar-refractivity contribution is 6.07. The van der Waals surface area contributed by atoms with Crippen molar-refractivity contribution in [1.29, 1.82) is 0 Å². The maximum atomic E-state index is 12.7.